The smallest absolute Gasteiger partial charge is 0.136 e. The van der Waals surface area contributed by atoms with Crippen LogP contribution in [0, 0.1) is 17.5 Å². The van der Waals surface area contributed by atoms with Crippen LogP contribution in [0.2, 0.25) is 0 Å². The summed E-state index contributed by atoms with van der Waals surface area (Å²) >= 11 is 2.84. The third kappa shape index (κ3) is 3.95. The highest BCUT2D eigenvalue weighted by Crippen LogP contribution is 2.30. The Morgan fingerprint density at radius 1 is 0.913 bits per heavy atom. The summed E-state index contributed by atoms with van der Waals surface area (Å²) < 4.78 is 40.3. The summed E-state index contributed by atoms with van der Waals surface area (Å²) in [6.07, 6.45) is 0. The molecule has 0 atom stereocenters. The number of thioether (sulfide) groups is 1. The Hall–Kier alpha value is -1.79. The van der Waals surface area contributed by atoms with Gasteiger partial charge in [-0.25, -0.2) is 18.2 Å². The molecule has 0 aliphatic carbocycles. The first-order valence-electron chi connectivity index (χ1n) is 6.84. The van der Waals surface area contributed by atoms with Gasteiger partial charge < -0.3 is 0 Å². The highest BCUT2D eigenvalue weighted by atomic mass is 32.2. The van der Waals surface area contributed by atoms with Gasteiger partial charge in [-0.2, -0.15) is 11.8 Å². The molecular weight excluding hydrogens is 339 g/mol. The van der Waals surface area contributed by atoms with Crippen molar-refractivity contribution in [2.75, 3.05) is 0 Å². The van der Waals surface area contributed by atoms with Crippen LogP contribution in [-0.4, -0.2) is 4.98 Å². The number of nitrogens with zero attached hydrogens (tertiary/aromatic N) is 1. The van der Waals surface area contributed by atoms with Gasteiger partial charge in [0.1, 0.15) is 22.5 Å². The number of rotatable bonds is 5. The molecular formula is C17H12F3NS2. The van der Waals surface area contributed by atoms with E-state index in [0.717, 1.165) is 17.0 Å². The summed E-state index contributed by atoms with van der Waals surface area (Å²) in [5, 5.41) is 2.15. The maximum absolute atomic E-state index is 13.7. The molecule has 23 heavy (non-hydrogen) atoms. The summed E-state index contributed by atoms with van der Waals surface area (Å²) in [5.41, 5.74) is 1.72. The van der Waals surface area contributed by atoms with Crippen molar-refractivity contribution in [2.45, 2.75) is 11.5 Å². The zero-order valence-corrected chi connectivity index (χ0v) is 13.6. The number of halogens is 3. The molecule has 3 rings (SSSR count). The van der Waals surface area contributed by atoms with Crippen molar-refractivity contribution in [3.63, 3.8) is 0 Å². The molecule has 0 saturated heterocycles. The van der Waals surface area contributed by atoms with E-state index in [1.165, 1.54) is 41.7 Å². The minimum Gasteiger partial charge on any atom is -0.240 e. The van der Waals surface area contributed by atoms with Crippen molar-refractivity contribution in [1.29, 1.82) is 0 Å². The molecule has 1 nitrogen and oxygen atoms in total. The van der Waals surface area contributed by atoms with Crippen molar-refractivity contribution in [3.05, 3.63) is 76.6 Å². The lowest BCUT2D eigenvalue weighted by Gasteiger charge is -2.01. The van der Waals surface area contributed by atoms with Crippen LogP contribution in [0.25, 0.3) is 10.6 Å². The molecule has 0 bridgehead atoms. The zero-order chi connectivity index (χ0) is 16.2. The lowest BCUT2D eigenvalue weighted by atomic mass is 10.2. The van der Waals surface area contributed by atoms with Crippen LogP contribution in [0.15, 0.2) is 47.8 Å². The van der Waals surface area contributed by atoms with Crippen LogP contribution in [0.3, 0.4) is 0 Å². The fourth-order valence-electron chi connectivity index (χ4n) is 2.04. The average molecular weight is 351 g/mol. The third-order valence-corrected chi connectivity index (χ3v) is 5.11. The maximum atomic E-state index is 13.7. The van der Waals surface area contributed by atoms with Crippen molar-refractivity contribution >= 4 is 23.1 Å². The molecule has 0 aliphatic heterocycles. The normalized spacial score (nSPS) is 10.9. The van der Waals surface area contributed by atoms with E-state index in [1.807, 2.05) is 0 Å². The minimum absolute atomic E-state index is 0.0766. The molecule has 0 radical (unpaired) electrons. The minimum atomic E-state index is -0.607. The lowest BCUT2D eigenvalue weighted by Crippen LogP contribution is -1.90. The summed E-state index contributed by atoms with van der Waals surface area (Å²) in [5.74, 6) is -0.116. The van der Waals surface area contributed by atoms with Crippen LogP contribution in [-0.2, 0) is 11.5 Å². The van der Waals surface area contributed by atoms with Gasteiger partial charge in [0.2, 0.25) is 0 Å². The molecule has 0 amide bonds. The van der Waals surface area contributed by atoms with Gasteiger partial charge in [0.05, 0.1) is 11.3 Å². The molecule has 0 aliphatic rings. The number of thiazole rings is 1. The first-order chi connectivity index (χ1) is 11.1. The van der Waals surface area contributed by atoms with Gasteiger partial charge in [0, 0.05) is 16.9 Å². The third-order valence-electron chi connectivity index (χ3n) is 3.16. The molecule has 0 spiro atoms. The molecule has 3 aromatic rings. The summed E-state index contributed by atoms with van der Waals surface area (Å²) in [6, 6.07) is 10.1. The molecule has 6 heteroatoms. The number of hydrogen-bond donors (Lipinski definition) is 0. The topological polar surface area (TPSA) is 12.9 Å². The Morgan fingerprint density at radius 3 is 2.30 bits per heavy atom. The predicted molar refractivity (Wildman–Crippen MR) is 88.9 cm³/mol. The molecule has 118 valence electrons. The van der Waals surface area contributed by atoms with Gasteiger partial charge in [-0.05, 0) is 29.8 Å². The Bertz CT molecular complexity index is 780. The van der Waals surface area contributed by atoms with E-state index < -0.39 is 11.6 Å². The van der Waals surface area contributed by atoms with E-state index in [9.17, 15) is 13.2 Å². The first-order valence-corrected chi connectivity index (χ1v) is 8.88. The van der Waals surface area contributed by atoms with Crippen molar-refractivity contribution < 1.29 is 13.2 Å². The number of hydrogen-bond acceptors (Lipinski definition) is 3. The fraction of sp³-hybridized carbons (Fsp3) is 0.118. The second-order valence-corrected chi connectivity index (χ2v) is 6.70. The van der Waals surface area contributed by atoms with Gasteiger partial charge in [-0.3, -0.25) is 0 Å². The van der Waals surface area contributed by atoms with E-state index in [4.69, 9.17) is 0 Å². The second-order valence-electron chi connectivity index (χ2n) is 4.86. The molecule has 1 heterocycles. The molecule has 0 saturated carbocycles. The van der Waals surface area contributed by atoms with Gasteiger partial charge in [0.25, 0.3) is 0 Å². The van der Waals surface area contributed by atoms with Crippen LogP contribution in [0.4, 0.5) is 13.2 Å². The Labute approximate surface area is 140 Å². The fourth-order valence-corrected chi connectivity index (χ4v) is 3.90. The number of benzene rings is 2. The van der Waals surface area contributed by atoms with Crippen molar-refractivity contribution in [3.8, 4) is 10.6 Å². The monoisotopic (exact) mass is 351 g/mol. The Morgan fingerprint density at radius 2 is 1.61 bits per heavy atom. The Kier molecular flexibility index (Phi) is 5.03. The first kappa shape index (κ1) is 16.1. The van der Waals surface area contributed by atoms with Gasteiger partial charge >= 0.3 is 0 Å². The Balaban J connectivity index is 1.64. The molecule has 2 aromatic carbocycles. The van der Waals surface area contributed by atoms with Gasteiger partial charge in [0.15, 0.2) is 0 Å². The molecule has 0 fully saturated rings. The highest BCUT2D eigenvalue weighted by Gasteiger charge is 2.14. The number of aromatic nitrogens is 1. The average Bonchev–Trinajstić information content (AvgIpc) is 2.98. The summed E-state index contributed by atoms with van der Waals surface area (Å²) in [4.78, 5) is 4.31. The van der Waals surface area contributed by atoms with E-state index >= 15 is 0 Å². The van der Waals surface area contributed by atoms with E-state index in [1.54, 1.807) is 29.3 Å². The summed E-state index contributed by atoms with van der Waals surface area (Å²) in [7, 11) is 0. The predicted octanol–water partition coefficient (Wildman–Crippen LogP) is 5.66. The largest absolute Gasteiger partial charge is 0.240 e. The van der Waals surface area contributed by atoms with Crippen LogP contribution < -0.4 is 0 Å². The van der Waals surface area contributed by atoms with E-state index in [-0.39, 0.29) is 11.4 Å². The van der Waals surface area contributed by atoms with Crippen LogP contribution >= 0.6 is 23.1 Å². The van der Waals surface area contributed by atoms with E-state index in [0.29, 0.717) is 10.8 Å². The molecule has 0 unspecified atom stereocenters. The maximum Gasteiger partial charge on any atom is 0.136 e. The van der Waals surface area contributed by atoms with E-state index in [2.05, 4.69) is 4.98 Å². The van der Waals surface area contributed by atoms with Crippen molar-refractivity contribution in [2.24, 2.45) is 0 Å². The van der Waals surface area contributed by atoms with Gasteiger partial charge in [-0.1, -0.05) is 18.2 Å². The van der Waals surface area contributed by atoms with Crippen LogP contribution in [0.1, 0.15) is 11.3 Å². The zero-order valence-electron chi connectivity index (χ0n) is 11.9. The molecule has 1 aromatic heterocycles. The SMILES string of the molecule is Fc1ccc(CSCc2csc(-c3c(F)cccc3F)n2)cc1. The summed E-state index contributed by atoms with van der Waals surface area (Å²) in [6.45, 7) is 0. The van der Waals surface area contributed by atoms with Gasteiger partial charge in [-0.15, -0.1) is 11.3 Å². The van der Waals surface area contributed by atoms with Crippen molar-refractivity contribution in [1.82, 2.24) is 4.98 Å². The lowest BCUT2D eigenvalue weighted by molar-refractivity contribution is 0.589. The highest BCUT2D eigenvalue weighted by molar-refractivity contribution is 7.97. The standard InChI is InChI=1S/C17H12F3NS2/c18-12-6-4-11(5-7-12)8-22-9-13-10-23-17(21-13)16-14(19)2-1-3-15(16)20/h1-7,10H,8-9H2. The quantitative estimate of drug-likeness (QED) is 0.588. The second kappa shape index (κ2) is 7.19. The van der Waals surface area contributed by atoms with Crippen LogP contribution in [0.5, 0.6) is 0 Å². The molecule has 0 N–H and O–H groups in total.